The van der Waals surface area contributed by atoms with Crippen molar-refractivity contribution in [3.05, 3.63) is 95.0 Å². The number of nitrogens with one attached hydrogen (secondary N) is 2. The second kappa shape index (κ2) is 10.0. The molecule has 3 aliphatic rings. The van der Waals surface area contributed by atoms with Gasteiger partial charge in [-0.1, -0.05) is 78.7 Å². The van der Waals surface area contributed by atoms with Crippen LogP contribution in [0, 0.1) is 17.8 Å². The maximum atomic E-state index is 13.3. The molecular weight excluding hydrogens is 478 g/mol. The zero-order valence-corrected chi connectivity index (χ0v) is 20.8. The first-order valence-electron chi connectivity index (χ1n) is 13.0. The lowest BCUT2D eigenvalue weighted by Crippen LogP contribution is -2.51. The van der Waals surface area contributed by atoms with Gasteiger partial charge in [0.1, 0.15) is 5.75 Å². The Hall–Kier alpha value is -2.63. The standard InChI is InChI=1S/C30H31ClF2N2O/c31-20-14-15-25(36-30(32)33)24(16-20)35-29-27-22-13-7-12-21(17-23(22)27)34-28(29)26(18-8-3-1-4-9-18)19-10-5-2-6-11-19/h1-6,8-11,14-16,21-23,26-30,34-35H,7,12-13,17H2/t21?,22-,23?,27-,28?,29?/m0/s1. The van der Waals surface area contributed by atoms with E-state index in [2.05, 4.69) is 59.2 Å². The van der Waals surface area contributed by atoms with Crippen molar-refractivity contribution in [2.24, 2.45) is 17.8 Å². The summed E-state index contributed by atoms with van der Waals surface area (Å²) < 4.78 is 31.4. The molecule has 2 N–H and O–H groups in total. The van der Waals surface area contributed by atoms with Gasteiger partial charge in [-0.05, 0) is 66.3 Å². The predicted molar refractivity (Wildman–Crippen MR) is 140 cm³/mol. The molecule has 3 fully saturated rings. The van der Waals surface area contributed by atoms with Crippen molar-refractivity contribution < 1.29 is 13.5 Å². The molecular formula is C30H31ClF2N2O. The van der Waals surface area contributed by atoms with Crippen LogP contribution < -0.4 is 15.4 Å². The smallest absolute Gasteiger partial charge is 0.387 e. The number of fused-ring (bicyclic) bond motifs is 2. The maximum absolute atomic E-state index is 13.3. The largest absolute Gasteiger partial charge is 0.433 e. The molecule has 0 amide bonds. The molecule has 0 aromatic heterocycles. The molecule has 2 aliphatic carbocycles. The van der Waals surface area contributed by atoms with Crippen molar-refractivity contribution in [1.29, 1.82) is 0 Å². The van der Waals surface area contributed by atoms with Crippen molar-refractivity contribution in [1.82, 2.24) is 5.32 Å². The summed E-state index contributed by atoms with van der Waals surface area (Å²) in [5.41, 5.74) is 3.02. The molecule has 0 radical (unpaired) electrons. The van der Waals surface area contributed by atoms with Gasteiger partial charge in [0.25, 0.3) is 0 Å². The van der Waals surface area contributed by atoms with E-state index in [4.69, 9.17) is 16.3 Å². The normalized spacial score (nSPS) is 28.9. The number of halogens is 3. The Morgan fingerprint density at radius 2 is 1.58 bits per heavy atom. The fourth-order valence-electron chi connectivity index (χ4n) is 6.97. The molecule has 6 heteroatoms. The molecule has 2 saturated carbocycles. The van der Waals surface area contributed by atoms with Crippen LogP contribution in [0.15, 0.2) is 78.9 Å². The van der Waals surface area contributed by atoms with Crippen LogP contribution in [0.5, 0.6) is 5.75 Å². The summed E-state index contributed by atoms with van der Waals surface area (Å²) in [5, 5.41) is 8.26. The molecule has 36 heavy (non-hydrogen) atoms. The highest BCUT2D eigenvalue weighted by Crippen LogP contribution is 2.59. The lowest BCUT2D eigenvalue weighted by atomic mass is 9.80. The monoisotopic (exact) mass is 508 g/mol. The van der Waals surface area contributed by atoms with E-state index in [1.807, 2.05) is 12.1 Å². The second-order valence-corrected chi connectivity index (χ2v) is 10.9. The summed E-state index contributed by atoms with van der Waals surface area (Å²) in [6, 6.07) is 26.6. The minimum Gasteiger partial charge on any atom is -0.433 e. The van der Waals surface area contributed by atoms with Gasteiger partial charge in [-0.25, -0.2) is 0 Å². The van der Waals surface area contributed by atoms with Gasteiger partial charge in [-0.2, -0.15) is 8.78 Å². The first kappa shape index (κ1) is 23.7. The summed E-state index contributed by atoms with van der Waals surface area (Å²) in [7, 11) is 0. The first-order valence-corrected chi connectivity index (χ1v) is 13.3. The molecule has 3 aromatic rings. The number of hydrogen-bond donors (Lipinski definition) is 2. The Labute approximate surface area is 216 Å². The SMILES string of the molecule is FC(F)Oc1ccc(Cl)cc1NC1C(C(c2ccccc2)c2ccccc2)NC2CCC[C@H]3C(C2)[C@@H]13. The third kappa shape index (κ3) is 4.71. The molecule has 6 rings (SSSR count). The molecule has 1 heterocycles. The zero-order chi connectivity index (χ0) is 24.6. The van der Waals surface area contributed by atoms with E-state index >= 15 is 0 Å². The minimum absolute atomic E-state index is 0.0343. The predicted octanol–water partition coefficient (Wildman–Crippen LogP) is 7.33. The van der Waals surface area contributed by atoms with E-state index < -0.39 is 6.61 Å². The van der Waals surface area contributed by atoms with Gasteiger partial charge >= 0.3 is 6.61 Å². The van der Waals surface area contributed by atoms with Crippen molar-refractivity contribution >= 4 is 17.3 Å². The third-order valence-electron chi connectivity index (χ3n) is 8.43. The fraction of sp³-hybridized carbons (Fsp3) is 0.400. The summed E-state index contributed by atoms with van der Waals surface area (Å²) in [6.07, 6.45) is 4.81. The number of rotatable bonds is 7. The first-order chi connectivity index (χ1) is 17.6. The van der Waals surface area contributed by atoms with Crippen LogP contribution in [0.4, 0.5) is 14.5 Å². The van der Waals surface area contributed by atoms with Crippen LogP contribution in [-0.4, -0.2) is 24.7 Å². The fourth-order valence-corrected chi connectivity index (χ4v) is 7.14. The minimum atomic E-state index is -2.90. The van der Waals surface area contributed by atoms with E-state index in [-0.39, 0.29) is 23.8 Å². The van der Waals surface area contributed by atoms with Gasteiger partial charge < -0.3 is 15.4 Å². The number of ether oxygens (including phenoxy) is 1. The molecule has 0 spiro atoms. The van der Waals surface area contributed by atoms with E-state index in [0.29, 0.717) is 34.5 Å². The summed E-state index contributed by atoms with van der Waals surface area (Å²) >= 11 is 6.33. The van der Waals surface area contributed by atoms with E-state index in [1.54, 1.807) is 12.1 Å². The Balaban J connectivity index is 1.45. The summed E-state index contributed by atoms with van der Waals surface area (Å²) in [6.45, 7) is -2.90. The van der Waals surface area contributed by atoms with Gasteiger partial charge in [-0.15, -0.1) is 0 Å². The third-order valence-corrected chi connectivity index (χ3v) is 8.67. The topological polar surface area (TPSA) is 33.3 Å². The molecule has 6 atom stereocenters. The number of benzene rings is 3. The maximum Gasteiger partial charge on any atom is 0.387 e. The number of alkyl halides is 2. The lowest BCUT2D eigenvalue weighted by molar-refractivity contribution is -0.0494. The van der Waals surface area contributed by atoms with Crippen molar-refractivity contribution in [2.75, 3.05) is 5.32 Å². The van der Waals surface area contributed by atoms with E-state index in [1.165, 1.54) is 42.9 Å². The molecule has 1 aliphatic heterocycles. The second-order valence-electron chi connectivity index (χ2n) is 10.4. The molecule has 3 aromatic carbocycles. The van der Waals surface area contributed by atoms with Gasteiger partial charge in [0.2, 0.25) is 0 Å². The Morgan fingerprint density at radius 3 is 2.25 bits per heavy atom. The Bertz CT molecular complexity index is 1140. The number of hydrogen-bond acceptors (Lipinski definition) is 3. The Morgan fingerprint density at radius 1 is 0.889 bits per heavy atom. The molecule has 3 nitrogen and oxygen atoms in total. The summed E-state index contributed by atoms with van der Waals surface area (Å²) in [4.78, 5) is 0. The van der Waals surface area contributed by atoms with Gasteiger partial charge in [-0.3, -0.25) is 0 Å². The van der Waals surface area contributed by atoms with Gasteiger partial charge in [0.15, 0.2) is 0 Å². The van der Waals surface area contributed by atoms with Gasteiger partial charge in [0.05, 0.1) is 5.69 Å². The van der Waals surface area contributed by atoms with Crippen LogP contribution >= 0.6 is 11.6 Å². The van der Waals surface area contributed by atoms with Crippen LogP contribution in [0.1, 0.15) is 42.7 Å². The molecule has 1 saturated heterocycles. The highest BCUT2D eigenvalue weighted by molar-refractivity contribution is 6.30. The lowest BCUT2D eigenvalue weighted by Gasteiger charge is -2.38. The molecule has 4 unspecified atom stereocenters. The van der Waals surface area contributed by atoms with Crippen molar-refractivity contribution in [2.45, 2.75) is 56.3 Å². The Kier molecular flexibility index (Phi) is 6.61. The molecule has 2 bridgehead atoms. The van der Waals surface area contributed by atoms with Gasteiger partial charge in [0, 0.05) is 29.1 Å². The summed E-state index contributed by atoms with van der Waals surface area (Å²) in [5.74, 6) is 2.03. The highest BCUT2D eigenvalue weighted by atomic mass is 35.5. The van der Waals surface area contributed by atoms with Crippen LogP contribution in [0.25, 0.3) is 0 Å². The number of anilines is 1. The van der Waals surface area contributed by atoms with E-state index in [0.717, 1.165) is 0 Å². The van der Waals surface area contributed by atoms with Crippen LogP contribution in [-0.2, 0) is 0 Å². The van der Waals surface area contributed by atoms with Crippen molar-refractivity contribution in [3.63, 3.8) is 0 Å². The van der Waals surface area contributed by atoms with Crippen LogP contribution in [0.3, 0.4) is 0 Å². The highest BCUT2D eigenvalue weighted by Gasteiger charge is 2.59. The average molecular weight is 509 g/mol. The van der Waals surface area contributed by atoms with Crippen molar-refractivity contribution in [3.8, 4) is 5.75 Å². The van der Waals surface area contributed by atoms with E-state index in [9.17, 15) is 8.78 Å². The van der Waals surface area contributed by atoms with Crippen LogP contribution in [0.2, 0.25) is 5.02 Å². The average Bonchev–Trinajstić information content (AvgIpc) is 3.60. The quantitative estimate of drug-likeness (QED) is 0.350. The zero-order valence-electron chi connectivity index (χ0n) is 20.0. The molecule has 188 valence electrons.